The summed E-state index contributed by atoms with van der Waals surface area (Å²) >= 11 is 0. The van der Waals surface area contributed by atoms with Gasteiger partial charge in [0.25, 0.3) is 5.91 Å². The van der Waals surface area contributed by atoms with E-state index in [0.29, 0.717) is 18.1 Å². The van der Waals surface area contributed by atoms with E-state index in [9.17, 15) is 4.79 Å². The molecule has 0 spiro atoms. The van der Waals surface area contributed by atoms with Crippen molar-refractivity contribution in [3.05, 3.63) is 35.7 Å². The van der Waals surface area contributed by atoms with Crippen molar-refractivity contribution in [3.8, 4) is 0 Å². The van der Waals surface area contributed by atoms with Crippen molar-refractivity contribution < 1.29 is 61.7 Å². The largest absolute Gasteiger partial charge is 1.00 e. The van der Waals surface area contributed by atoms with Crippen LogP contribution in [0.25, 0.3) is 0 Å². The number of anilines is 1. The third kappa shape index (κ3) is 4.83. The first-order valence-electron chi connectivity index (χ1n) is 6.04. The maximum absolute atomic E-state index is 11.3. The van der Waals surface area contributed by atoms with Crippen LogP contribution in [-0.4, -0.2) is 31.1 Å². The normalized spacial score (nSPS) is 9.57. The van der Waals surface area contributed by atoms with Crippen LogP contribution in [0.15, 0.2) is 18.5 Å². The summed E-state index contributed by atoms with van der Waals surface area (Å²) in [6, 6.07) is 1.74. The van der Waals surface area contributed by atoms with Gasteiger partial charge in [0.2, 0.25) is 0 Å². The summed E-state index contributed by atoms with van der Waals surface area (Å²) in [6.07, 6.45) is 4.93. The van der Waals surface area contributed by atoms with E-state index in [4.69, 9.17) is 11.5 Å². The molecule has 0 fully saturated rings. The Morgan fingerprint density at radius 2 is 1.95 bits per heavy atom. The molecule has 0 aliphatic heterocycles. The summed E-state index contributed by atoms with van der Waals surface area (Å²) in [6.45, 7) is 2.40. The monoisotopic (exact) mass is 316 g/mol. The van der Waals surface area contributed by atoms with Gasteiger partial charge in [-0.3, -0.25) is 9.48 Å². The first-order chi connectivity index (χ1) is 9.13. The molecular weight excluding hydrogens is 299 g/mol. The van der Waals surface area contributed by atoms with Crippen LogP contribution in [0.1, 0.15) is 35.4 Å². The third-order valence-corrected chi connectivity index (χ3v) is 2.73. The number of nitrogens with zero attached hydrogens (tertiary/aromatic N) is 4. The number of rotatable bonds is 5. The van der Waals surface area contributed by atoms with Crippen LogP contribution in [0.4, 0.5) is 5.69 Å². The van der Waals surface area contributed by atoms with Gasteiger partial charge in [-0.1, -0.05) is 13.3 Å². The smallest absolute Gasteiger partial charge is 0.870 e. The molecule has 0 atom stereocenters. The van der Waals surface area contributed by atoms with E-state index in [1.807, 2.05) is 6.92 Å². The van der Waals surface area contributed by atoms with Crippen molar-refractivity contribution in [1.29, 1.82) is 0 Å². The van der Waals surface area contributed by atoms with E-state index < -0.39 is 5.91 Å². The second-order valence-corrected chi connectivity index (χ2v) is 4.15. The van der Waals surface area contributed by atoms with Gasteiger partial charge < -0.3 is 16.9 Å². The van der Waals surface area contributed by atoms with Crippen molar-refractivity contribution in [2.24, 2.45) is 5.73 Å². The fourth-order valence-electron chi connectivity index (χ4n) is 1.87. The Morgan fingerprint density at radius 3 is 2.48 bits per heavy atom. The Labute approximate surface area is 165 Å². The fourth-order valence-corrected chi connectivity index (χ4v) is 1.87. The molecule has 0 aliphatic rings. The molecule has 0 saturated heterocycles. The number of nitrogen functional groups attached to an aromatic ring is 1. The molecule has 2 heterocycles. The Morgan fingerprint density at radius 1 is 1.33 bits per heavy atom. The van der Waals surface area contributed by atoms with Crippen molar-refractivity contribution in [1.82, 2.24) is 19.7 Å². The van der Waals surface area contributed by atoms with Gasteiger partial charge in [-0.2, -0.15) is 5.10 Å². The standard InChI is InChI=1S/C12H16N6O.K.H2O/c1-2-4-8-10(13)11(12(14)19)17-18(8)7-9-15-5-3-6-16-9;;/h3,5-6H,2,4,7,13H2,1H3,(H2,14,19);;1H2/q;+1;/p-1. The molecule has 0 saturated carbocycles. The maximum Gasteiger partial charge on any atom is 1.00 e. The Balaban J connectivity index is 0.00000200. The van der Waals surface area contributed by atoms with E-state index in [2.05, 4.69) is 15.1 Å². The molecule has 0 radical (unpaired) electrons. The minimum atomic E-state index is -0.623. The van der Waals surface area contributed by atoms with E-state index in [1.165, 1.54) is 0 Å². The van der Waals surface area contributed by atoms with Crippen LogP contribution >= 0.6 is 0 Å². The second-order valence-electron chi connectivity index (χ2n) is 4.15. The molecule has 2 rings (SSSR count). The van der Waals surface area contributed by atoms with Crippen molar-refractivity contribution in [2.45, 2.75) is 26.3 Å². The molecule has 108 valence electrons. The van der Waals surface area contributed by atoms with Gasteiger partial charge in [0.15, 0.2) is 5.69 Å². The molecule has 9 heteroatoms. The van der Waals surface area contributed by atoms with Crippen LogP contribution in [0.3, 0.4) is 0 Å². The van der Waals surface area contributed by atoms with Crippen molar-refractivity contribution in [2.75, 3.05) is 5.73 Å². The van der Waals surface area contributed by atoms with Crippen LogP contribution in [0, 0.1) is 0 Å². The number of carbonyl (C=O) groups excluding carboxylic acids is 1. The minimum absolute atomic E-state index is 0. The Bertz CT molecular complexity index is 587. The molecule has 5 N–H and O–H groups in total. The number of carbonyl (C=O) groups is 1. The van der Waals surface area contributed by atoms with Gasteiger partial charge in [-0.25, -0.2) is 9.97 Å². The summed E-state index contributed by atoms with van der Waals surface area (Å²) < 4.78 is 1.65. The van der Waals surface area contributed by atoms with Gasteiger partial charge in [0.05, 0.1) is 11.4 Å². The van der Waals surface area contributed by atoms with Crippen LogP contribution in [0.2, 0.25) is 0 Å². The fraction of sp³-hybridized carbons (Fsp3) is 0.333. The predicted molar refractivity (Wildman–Crippen MR) is 72.2 cm³/mol. The first-order valence-corrected chi connectivity index (χ1v) is 6.04. The molecule has 1 amide bonds. The summed E-state index contributed by atoms with van der Waals surface area (Å²) in [5.41, 5.74) is 12.4. The molecule has 0 unspecified atom stereocenters. The van der Waals surface area contributed by atoms with E-state index in [1.54, 1.807) is 23.1 Å². The van der Waals surface area contributed by atoms with Crippen LogP contribution in [-0.2, 0) is 13.0 Å². The van der Waals surface area contributed by atoms with Crippen molar-refractivity contribution in [3.63, 3.8) is 0 Å². The number of hydrogen-bond acceptors (Lipinski definition) is 6. The second kappa shape index (κ2) is 9.23. The molecule has 0 aliphatic carbocycles. The first kappa shape index (κ1) is 20.2. The van der Waals surface area contributed by atoms with Gasteiger partial charge in [-0.05, 0) is 12.5 Å². The topological polar surface area (TPSA) is 143 Å². The maximum atomic E-state index is 11.3. The Kier molecular flexibility index (Phi) is 8.86. The molecule has 8 nitrogen and oxygen atoms in total. The van der Waals surface area contributed by atoms with Gasteiger partial charge >= 0.3 is 51.4 Å². The number of hydrogen-bond donors (Lipinski definition) is 2. The molecule has 0 aromatic carbocycles. The zero-order chi connectivity index (χ0) is 13.8. The number of primary amides is 1. The van der Waals surface area contributed by atoms with Gasteiger partial charge in [0.1, 0.15) is 12.4 Å². The van der Waals surface area contributed by atoms with Crippen LogP contribution in [0.5, 0.6) is 0 Å². The van der Waals surface area contributed by atoms with Gasteiger partial charge in [-0.15, -0.1) is 0 Å². The number of amides is 1. The quantitative estimate of drug-likeness (QED) is 0.570. The van der Waals surface area contributed by atoms with E-state index in [-0.39, 0.29) is 62.6 Å². The molecule has 2 aromatic heterocycles. The summed E-state index contributed by atoms with van der Waals surface area (Å²) in [7, 11) is 0. The minimum Gasteiger partial charge on any atom is -0.870 e. The Hall–Kier alpha value is -0.844. The van der Waals surface area contributed by atoms with E-state index >= 15 is 0 Å². The zero-order valence-corrected chi connectivity index (χ0v) is 15.3. The summed E-state index contributed by atoms with van der Waals surface area (Å²) in [5.74, 6) is -0.0130. The summed E-state index contributed by atoms with van der Waals surface area (Å²) in [5, 5.41) is 4.16. The summed E-state index contributed by atoms with van der Waals surface area (Å²) in [4.78, 5) is 19.5. The molecule has 2 aromatic rings. The molecule has 0 bridgehead atoms. The van der Waals surface area contributed by atoms with Crippen LogP contribution < -0.4 is 62.9 Å². The molecule has 21 heavy (non-hydrogen) atoms. The van der Waals surface area contributed by atoms with E-state index in [0.717, 1.165) is 18.5 Å². The third-order valence-electron chi connectivity index (χ3n) is 2.73. The van der Waals surface area contributed by atoms with Crippen molar-refractivity contribution >= 4 is 11.6 Å². The zero-order valence-electron chi connectivity index (χ0n) is 12.2. The van der Waals surface area contributed by atoms with Gasteiger partial charge in [0, 0.05) is 12.4 Å². The average Bonchev–Trinajstić information content (AvgIpc) is 2.69. The number of nitrogens with two attached hydrogens (primary N) is 2. The SMILES string of the molecule is CCCc1c(N)c(C(N)=O)nn1Cc1ncccn1.[K+].[OH-]. The average molecular weight is 316 g/mol. The molecular formula is C12H17KN6O2. The number of aromatic nitrogens is 4. The predicted octanol–water partition coefficient (Wildman–Crippen LogP) is -2.82.